The lowest BCUT2D eigenvalue weighted by Gasteiger charge is -2.27. The summed E-state index contributed by atoms with van der Waals surface area (Å²) in [5.74, 6) is -1.13. The Morgan fingerprint density at radius 2 is 2.04 bits per heavy atom. The van der Waals surface area contributed by atoms with E-state index in [1.54, 1.807) is 26.5 Å². The zero-order chi connectivity index (χ0) is 18.1. The summed E-state index contributed by atoms with van der Waals surface area (Å²) in [7, 11) is 0. The van der Waals surface area contributed by atoms with Gasteiger partial charge in [-0.25, -0.2) is 4.79 Å². The zero-order valence-corrected chi connectivity index (χ0v) is 13.9. The molecule has 0 spiro atoms. The first-order chi connectivity index (χ1) is 12.6. The maximum Gasteiger partial charge on any atom is 0.356 e. The molecule has 4 rings (SSSR count). The quantitative estimate of drug-likeness (QED) is 0.768. The van der Waals surface area contributed by atoms with Gasteiger partial charge in [0.15, 0.2) is 5.69 Å². The predicted molar refractivity (Wildman–Crippen MR) is 91.7 cm³/mol. The standard InChI is InChI=1S/C18H17N5O3/c24-17(14-4-1-3-13(9-14)11-22-6-2-5-19-22)21-7-8-23-15(12-21)10-16(20-23)18(25)26/h1-6,9-10H,7-8,11-12H2,(H,25,26). The normalized spacial score (nSPS) is 13.5. The predicted octanol–water partition coefficient (Wildman–Crippen LogP) is 1.48. The molecule has 1 aliphatic rings. The zero-order valence-electron chi connectivity index (χ0n) is 13.9. The van der Waals surface area contributed by atoms with Crippen molar-refractivity contribution in [2.45, 2.75) is 19.6 Å². The lowest BCUT2D eigenvalue weighted by Crippen LogP contribution is -2.38. The minimum Gasteiger partial charge on any atom is -0.476 e. The summed E-state index contributed by atoms with van der Waals surface area (Å²) in [6, 6.07) is 10.9. The highest BCUT2D eigenvalue weighted by Crippen LogP contribution is 2.17. The van der Waals surface area contributed by atoms with Crippen LogP contribution in [0.15, 0.2) is 48.8 Å². The van der Waals surface area contributed by atoms with E-state index in [0.29, 0.717) is 31.7 Å². The van der Waals surface area contributed by atoms with Gasteiger partial charge in [0.1, 0.15) is 0 Å². The molecule has 2 aromatic heterocycles. The highest BCUT2D eigenvalue weighted by Gasteiger charge is 2.24. The van der Waals surface area contributed by atoms with E-state index in [1.807, 2.05) is 30.5 Å². The second kappa shape index (κ2) is 6.47. The Labute approximate surface area is 149 Å². The minimum atomic E-state index is -1.06. The maximum atomic E-state index is 12.9. The van der Waals surface area contributed by atoms with Crippen molar-refractivity contribution in [2.24, 2.45) is 0 Å². The van der Waals surface area contributed by atoms with Crippen molar-refractivity contribution >= 4 is 11.9 Å². The smallest absolute Gasteiger partial charge is 0.356 e. The molecule has 1 aliphatic heterocycles. The first-order valence-electron chi connectivity index (χ1n) is 8.26. The molecule has 0 aliphatic carbocycles. The Bertz CT molecular complexity index is 961. The average molecular weight is 351 g/mol. The van der Waals surface area contributed by atoms with Gasteiger partial charge < -0.3 is 10.0 Å². The molecule has 3 heterocycles. The Morgan fingerprint density at radius 3 is 2.81 bits per heavy atom. The Kier molecular flexibility index (Phi) is 4.00. The Balaban J connectivity index is 1.51. The first-order valence-corrected chi connectivity index (χ1v) is 8.26. The molecule has 0 saturated carbocycles. The van der Waals surface area contributed by atoms with Crippen molar-refractivity contribution < 1.29 is 14.7 Å². The van der Waals surface area contributed by atoms with Crippen molar-refractivity contribution in [3.63, 3.8) is 0 Å². The van der Waals surface area contributed by atoms with E-state index < -0.39 is 5.97 Å². The number of carbonyl (C=O) groups is 2. The Hall–Kier alpha value is -3.42. The molecule has 26 heavy (non-hydrogen) atoms. The van der Waals surface area contributed by atoms with Crippen LogP contribution in [0.4, 0.5) is 0 Å². The van der Waals surface area contributed by atoms with Crippen LogP contribution in [0.3, 0.4) is 0 Å². The fourth-order valence-electron chi connectivity index (χ4n) is 3.11. The molecule has 1 amide bonds. The lowest BCUT2D eigenvalue weighted by molar-refractivity contribution is 0.0680. The van der Waals surface area contributed by atoms with Crippen molar-refractivity contribution in [3.05, 3.63) is 71.3 Å². The van der Waals surface area contributed by atoms with Crippen LogP contribution >= 0.6 is 0 Å². The van der Waals surface area contributed by atoms with Crippen molar-refractivity contribution in [3.8, 4) is 0 Å². The summed E-state index contributed by atoms with van der Waals surface area (Å²) in [5, 5.41) is 17.3. The van der Waals surface area contributed by atoms with Crippen LogP contribution < -0.4 is 0 Å². The van der Waals surface area contributed by atoms with Gasteiger partial charge >= 0.3 is 5.97 Å². The van der Waals surface area contributed by atoms with Gasteiger partial charge in [0.2, 0.25) is 0 Å². The SMILES string of the molecule is O=C(O)c1cc2n(n1)CCN(C(=O)c1cccc(Cn3cccn3)c1)C2. The van der Waals surface area contributed by atoms with Crippen molar-refractivity contribution in [1.29, 1.82) is 0 Å². The molecular weight excluding hydrogens is 334 g/mol. The molecule has 8 nitrogen and oxygen atoms in total. The number of carboxylic acids is 1. The van der Waals surface area contributed by atoms with Gasteiger partial charge in [-0.05, 0) is 29.8 Å². The van der Waals surface area contributed by atoms with Crippen LogP contribution in [-0.2, 0) is 19.6 Å². The van der Waals surface area contributed by atoms with Crippen LogP contribution in [0.25, 0.3) is 0 Å². The van der Waals surface area contributed by atoms with E-state index in [1.165, 1.54) is 6.07 Å². The highest BCUT2D eigenvalue weighted by atomic mass is 16.4. The second-order valence-corrected chi connectivity index (χ2v) is 6.18. The van der Waals surface area contributed by atoms with Crippen molar-refractivity contribution in [1.82, 2.24) is 24.5 Å². The van der Waals surface area contributed by atoms with Crippen LogP contribution in [0.2, 0.25) is 0 Å². The summed E-state index contributed by atoms with van der Waals surface area (Å²) in [6.45, 7) is 1.93. The molecule has 0 saturated heterocycles. The van der Waals surface area contributed by atoms with Crippen LogP contribution in [0, 0.1) is 0 Å². The molecule has 3 aromatic rings. The van der Waals surface area contributed by atoms with E-state index in [-0.39, 0.29) is 11.6 Å². The van der Waals surface area contributed by atoms with Gasteiger partial charge in [0.25, 0.3) is 5.91 Å². The van der Waals surface area contributed by atoms with Crippen LogP contribution in [0.5, 0.6) is 0 Å². The summed E-state index contributed by atoms with van der Waals surface area (Å²) in [5.41, 5.74) is 2.35. The number of carboxylic acid groups (broad SMARTS) is 1. The topological polar surface area (TPSA) is 93.3 Å². The third-order valence-corrected chi connectivity index (χ3v) is 4.38. The van der Waals surface area contributed by atoms with Gasteiger partial charge in [-0.3, -0.25) is 14.2 Å². The highest BCUT2D eigenvalue weighted by molar-refractivity contribution is 5.94. The second-order valence-electron chi connectivity index (χ2n) is 6.18. The summed E-state index contributed by atoms with van der Waals surface area (Å²) >= 11 is 0. The molecule has 0 bridgehead atoms. The number of aromatic carboxylic acids is 1. The number of nitrogens with zero attached hydrogens (tertiary/aromatic N) is 5. The first kappa shape index (κ1) is 16.1. The number of amides is 1. The third kappa shape index (κ3) is 3.08. The minimum absolute atomic E-state index is 0.00974. The van der Waals surface area contributed by atoms with E-state index >= 15 is 0 Å². The lowest BCUT2D eigenvalue weighted by atomic mass is 10.1. The molecule has 0 radical (unpaired) electrons. The largest absolute Gasteiger partial charge is 0.476 e. The van der Waals surface area contributed by atoms with E-state index in [4.69, 9.17) is 5.11 Å². The molecule has 0 fully saturated rings. The van der Waals surface area contributed by atoms with Gasteiger partial charge in [-0.1, -0.05) is 12.1 Å². The molecule has 0 atom stereocenters. The maximum absolute atomic E-state index is 12.9. The number of aromatic nitrogens is 4. The average Bonchev–Trinajstić information content (AvgIpc) is 3.30. The third-order valence-electron chi connectivity index (χ3n) is 4.38. The van der Waals surface area contributed by atoms with Crippen LogP contribution in [0.1, 0.15) is 32.1 Å². The molecular formula is C18H17N5O3. The van der Waals surface area contributed by atoms with Crippen molar-refractivity contribution in [2.75, 3.05) is 6.54 Å². The van der Waals surface area contributed by atoms with Gasteiger partial charge in [-0.2, -0.15) is 10.2 Å². The monoisotopic (exact) mass is 351 g/mol. The molecule has 1 N–H and O–H groups in total. The Morgan fingerprint density at radius 1 is 1.15 bits per heavy atom. The van der Waals surface area contributed by atoms with Crippen LogP contribution in [-0.4, -0.2) is 48.0 Å². The molecule has 8 heteroatoms. The fraction of sp³-hybridized carbons (Fsp3) is 0.222. The van der Waals surface area contributed by atoms with E-state index in [2.05, 4.69) is 10.2 Å². The van der Waals surface area contributed by atoms with Gasteiger partial charge in [0.05, 0.1) is 25.3 Å². The number of rotatable bonds is 4. The summed E-state index contributed by atoms with van der Waals surface area (Å²) in [4.78, 5) is 25.6. The summed E-state index contributed by atoms with van der Waals surface area (Å²) < 4.78 is 3.46. The van der Waals surface area contributed by atoms with E-state index in [9.17, 15) is 9.59 Å². The number of benzene rings is 1. The summed E-state index contributed by atoms with van der Waals surface area (Å²) in [6.07, 6.45) is 3.59. The fourth-order valence-corrected chi connectivity index (χ4v) is 3.11. The van der Waals surface area contributed by atoms with Gasteiger partial charge in [-0.15, -0.1) is 0 Å². The number of carbonyl (C=O) groups excluding carboxylic acids is 1. The number of fused-ring (bicyclic) bond motifs is 1. The molecule has 1 aromatic carbocycles. The molecule has 132 valence electrons. The van der Waals surface area contributed by atoms with Gasteiger partial charge in [0, 0.05) is 24.5 Å². The van der Waals surface area contributed by atoms with E-state index in [0.717, 1.165) is 11.3 Å². The number of hydrogen-bond acceptors (Lipinski definition) is 4. The number of hydrogen-bond donors (Lipinski definition) is 1. The molecule has 0 unspecified atom stereocenters.